The van der Waals surface area contributed by atoms with Crippen LogP contribution in [0.5, 0.6) is 5.75 Å². The van der Waals surface area contributed by atoms with Crippen molar-refractivity contribution in [3.05, 3.63) is 29.8 Å². The van der Waals surface area contributed by atoms with Gasteiger partial charge >= 0.3 is 0 Å². The number of carbonyl (C=O) groups is 1. The fourth-order valence-corrected chi connectivity index (χ4v) is 2.87. The van der Waals surface area contributed by atoms with Crippen LogP contribution in [-0.4, -0.2) is 30.3 Å². The number of rotatable bonds is 6. The monoisotopic (exact) mass is 305 g/mol. The molecule has 1 saturated carbocycles. The highest BCUT2D eigenvalue weighted by atomic mass is 16.5. The molecule has 1 aromatic carbocycles. The van der Waals surface area contributed by atoms with Crippen LogP contribution in [-0.2, 0) is 4.79 Å². The summed E-state index contributed by atoms with van der Waals surface area (Å²) in [5.74, 6) is 1.52. The van der Waals surface area contributed by atoms with Crippen LogP contribution in [0.25, 0.3) is 0 Å². The molecule has 2 rings (SSSR count). The fourth-order valence-electron chi connectivity index (χ4n) is 2.87. The Hall–Kier alpha value is -1.55. The molecule has 1 aliphatic rings. The highest BCUT2D eigenvalue weighted by Gasteiger charge is 2.21. The van der Waals surface area contributed by atoms with Crippen molar-refractivity contribution in [3.8, 4) is 5.75 Å². The minimum absolute atomic E-state index is 0.0570. The van der Waals surface area contributed by atoms with Crippen molar-refractivity contribution >= 4 is 5.91 Å². The maximum atomic E-state index is 12.0. The normalized spacial score (nSPS) is 21.6. The van der Waals surface area contributed by atoms with Gasteiger partial charge in [-0.2, -0.15) is 0 Å². The number of aliphatic hydroxyl groups excluding tert-OH is 1. The number of ether oxygens (including phenoxy) is 1. The Morgan fingerprint density at radius 1 is 1.32 bits per heavy atom. The fraction of sp³-hybridized carbons (Fsp3) is 0.611. The van der Waals surface area contributed by atoms with Crippen LogP contribution in [0.4, 0.5) is 0 Å². The summed E-state index contributed by atoms with van der Waals surface area (Å²) >= 11 is 0. The lowest BCUT2D eigenvalue weighted by molar-refractivity contribution is -0.124. The van der Waals surface area contributed by atoms with E-state index >= 15 is 0 Å². The van der Waals surface area contributed by atoms with Crippen LogP contribution in [0.1, 0.15) is 51.0 Å². The molecule has 0 bridgehead atoms. The van der Waals surface area contributed by atoms with Gasteiger partial charge in [-0.15, -0.1) is 0 Å². The van der Waals surface area contributed by atoms with Crippen molar-refractivity contribution in [2.75, 3.05) is 13.2 Å². The van der Waals surface area contributed by atoms with Crippen LogP contribution in [0.15, 0.2) is 24.3 Å². The van der Waals surface area contributed by atoms with Crippen molar-refractivity contribution < 1.29 is 14.6 Å². The molecule has 4 nitrogen and oxygen atoms in total. The number of aliphatic hydroxyl groups is 1. The number of hydrogen-bond acceptors (Lipinski definition) is 3. The summed E-state index contributed by atoms with van der Waals surface area (Å²) in [6, 6.07) is 8.12. The molecule has 0 aromatic heterocycles. The van der Waals surface area contributed by atoms with Gasteiger partial charge in [-0.3, -0.25) is 4.79 Å². The van der Waals surface area contributed by atoms with Crippen LogP contribution in [0.3, 0.4) is 0 Å². The van der Waals surface area contributed by atoms with Gasteiger partial charge in [-0.1, -0.05) is 26.0 Å². The molecule has 0 atom stereocenters. The van der Waals surface area contributed by atoms with Gasteiger partial charge in [0.2, 0.25) is 0 Å². The maximum absolute atomic E-state index is 12.0. The van der Waals surface area contributed by atoms with Crippen molar-refractivity contribution in [1.82, 2.24) is 5.32 Å². The molecule has 0 spiro atoms. The standard InChI is InChI=1S/C18H27NO3/c1-13(2)15-4-3-5-17(10-15)22-12-18(21)19-16-8-6-14(11-20)7-9-16/h3-5,10,13-14,16,20H,6-9,11-12H2,1-2H3,(H,19,21). The minimum Gasteiger partial charge on any atom is -0.484 e. The molecule has 2 N–H and O–H groups in total. The molecule has 1 aromatic rings. The number of amides is 1. The third-order valence-corrected chi connectivity index (χ3v) is 4.36. The van der Waals surface area contributed by atoms with Gasteiger partial charge in [0.25, 0.3) is 5.91 Å². The lowest BCUT2D eigenvalue weighted by Crippen LogP contribution is -2.40. The molecular formula is C18H27NO3. The van der Waals surface area contributed by atoms with E-state index < -0.39 is 0 Å². The number of carbonyl (C=O) groups excluding carboxylic acids is 1. The summed E-state index contributed by atoms with van der Waals surface area (Å²) in [6.45, 7) is 4.58. The summed E-state index contributed by atoms with van der Waals surface area (Å²) in [6.07, 6.45) is 3.86. The summed E-state index contributed by atoms with van der Waals surface area (Å²) in [7, 11) is 0. The molecule has 1 fully saturated rings. The molecule has 0 aliphatic heterocycles. The van der Waals surface area contributed by atoms with E-state index in [2.05, 4.69) is 25.2 Å². The SMILES string of the molecule is CC(C)c1cccc(OCC(=O)NC2CCC(CO)CC2)c1. The Morgan fingerprint density at radius 2 is 2.05 bits per heavy atom. The van der Waals surface area contributed by atoms with E-state index in [0.29, 0.717) is 11.8 Å². The van der Waals surface area contributed by atoms with Crippen LogP contribution < -0.4 is 10.1 Å². The Morgan fingerprint density at radius 3 is 2.68 bits per heavy atom. The third kappa shape index (κ3) is 5.02. The topological polar surface area (TPSA) is 58.6 Å². The number of nitrogens with one attached hydrogen (secondary N) is 1. The molecule has 0 heterocycles. The van der Waals surface area contributed by atoms with E-state index in [-0.39, 0.29) is 25.2 Å². The average molecular weight is 305 g/mol. The van der Waals surface area contributed by atoms with E-state index in [1.165, 1.54) is 5.56 Å². The quantitative estimate of drug-likeness (QED) is 0.849. The highest BCUT2D eigenvalue weighted by molar-refractivity contribution is 5.77. The van der Waals surface area contributed by atoms with Gasteiger partial charge in [0, 0.05) is 12.6 Å². The number of hydrogen-bond donors (Lipinski definition) is 2. The van der Waals surface area contributed by atoms with Gasteiger partial charge in [0.1, 0.15) is 5.75 Å². The lowest BCUT2D eigenvalue weighted by atomic mass is 9.86. The Kier molecular flexibility index (Phi) is 6.25. The third-order valence-electron chi connectivity index (χ3n) is 4.36. The van der Waals surface area contributed by atoms with Crippen LogP contribution >= 0.6 is 0 Å². The maximum Gasteiger partial charge on any atom is 0.258 e. The summed E-state index contributed by atoms with van der Waals surface area (Å²) in [4.78, 5) is 12.0. The molecule has 22 heavy (non-hydrogen) atoms. The molecule has 0 unspecified atom stereocenters. The first-order valence-electron chi connectivity index (χ1n) is 8.21. The molecule has 4 heteroatoms. The minimum atomic E-state index is -0.0672. The van der Waals surface area contributed by atoms with Gasteiger partial charge in [0.15, 0.2) is 6.61 Å². The summed E-state index contributed by atoms with van der Waals surface area (Å²) < 4.78 is 5.59. The Balaban J connectivity index is 1.75. The second-order valence-corrected chi connectivity index (χ2v) is 6.48. The molecule has 0 saturated heterocycles. The van der Waals surface area contributed by atoms with E-state index in [4.69, 9.17) is 9.84 Å². The molecular weight excluding hydrogens is 278 g/mol. The summed E-state index contributed by atoms with van der Waals surface area (Å²) in [5, 5.41) is 12.1. The average Bonchev–Trinajstić information content (AvgIpc) is 2.54. The molecule has 1 amide bonds. The van der Waals surface area contributed by atoms with E-state index in [9.17, 15) is 4.79 Å². The van der Waals surface area contributed by atoms with Gasteiger partial charge < -0.3 is 15.2 Å². The zero-order valence-electron chi connectivity index (χ0n) is 13.5. The molecule has 0 radical (unpaired) electrons. The van der Waals surface area contributed by atoms with Crippen LogP contribution in [0, 0.1) is 5.92 Å². The zero-order valence-corrected chi connectivity index (χ0v) is 13.5. The first-order chi connectivity index (χ1) is 10.6. The first-order valence-corrected chi connectivity index (χ1v) is 8.21. The smallest absolute Gasteiger partial charge is 0.258 e. The van der Waals surface area contributed by atoms with Gasteiger partial charge in [-0.25, -0.2) is 0 Å². The highest BCUT2D eigenvalue weighted by Crippen LogP contribution is 2.24. The molecule has 122 valence electrons. The van der Waals surface area contributed by atoms with Gasteiger partial charge in [0.05, 0.1) is 0 Å². The Bertz CT molecular complexity index is 479. The van der Waals surface area contributed by atoms with Crippen molar-refractivity contribution in [2.45, 2.75) is 51.5 Å². The van der Waals surface area contributed by atoms with E-state index in [1.807, 2.05) is 18.2 Å². The first kappa shape index (κ1) is 16.8. The lowest BCUT2D eigenvalue weighted by Gasteiger charge is -2.27. The van der Waals surface area contributed by atoms with E-state index in [0.717, 1.165) is 31.4 Å². The predicted octanol–water partition coefficient (Wildman–Crippen LogP) is 2.86. The largest absolute Gasteiger partial charge is 0.484 e. The van der Waals surface area contributed by atoms with Crippen LogP contribution in [0.2, 0.25) is 0 Å². The second-order valence-electron chi connectivity index (χ2n) is 6.48. The molecule has 1 aliphatic carbocycles. The predicted molar refractivity (Wildman–Crippen MR) is 87.0 cm³/mol. The second kappa shape index (κ2) is 8.18. The zero-order chi connectivity index (χ0) is 15.9. The van der Waals surface area contributed by atoms with Gasteiger partial charge in [-0.05, 0) is 55.2 Å². The summed E-state index contributed by atoms with van der Waals surface area (Å²) in [5.41, 5.74) is 1.21. The van der Waals surface area contributed by atoms with Crippen molar-refractivity contribution in [1.29, 1.82) is 0 Å². The Labute approximate surface area is 132 Å². The van der Waals surface area contributed by atoms with Crippen molar-refractivity contribution in [2.24, 2.45) is 5.92 Å². The van der Waals surface area contributed by atoms with Crippen molar-refractivity contribution in [3.63, 3.8) is 0 Å². The number of benzene rings is 1. The van der Waals surface area contributed by atoms with E-state index in [1.54, 1.807) is 0 Å².